The highest BCUT2D eigenvalue weighted by Crippen LogP contribution is 2.23. The number of benzene rings is 1. The summed E-state index contributed by atoms with van der Waals surface area (Å²) < 4.78 is 1.97. The number of carbonyl (C=O) groups is 1. The normalized spacial score (nSPS) is 11.4. The summed E-state index contributed by atoms with van der Waals surface area (Å²) in [5, 5.41) is 1.03. The van der Waals surface area contributed by atoms with Crippen LogP contribution in [0, 0.1) is 0 Å². The number of ketones is 1. The summed E-state index contributed by atoms with van der Waals surface area (Å²) in [6, 6.07) is 10.5. The van der Waals surface area contributed by atoms with Crippen molar-refractivity contribution in [3.05, 3.63) is 65.6 Å². The van der Waals surface area contributed by atoms with Gasteiger partial charge in [0.15, 0.2) is 12.4 Å². The number of carbonyl (C=O) groups excluding carboxylic acids is 1. The van der Waals surface area contributed by atoms with Gasteiger partial charge in [0.25, 0.3) is 0 Å². The third kappa shape index (κ3) is 3.51. The summed E-state index contributed by atoms with van der Waals surface area (Å²) in [4.78, 5) is 16.1. The molecule has 0 spiro atoms. The number of fused-ring (bicyclic) bond motifs is 1. The Kier molecular flexibility index (Phi) is 5.32. The Morgan fingerprint density at radius 1 is 1.08 bits per heavy atom. The molecule has 2 heterocycles. The second-order valence-corrected chi connectivity index (χ2v) is 6.64. The van der Waals surface area contributed by atoms with Crippen molar-refractivity contribution in [2.45, 2.75) is 52.5 Å². The van der Waals surface area contributed by atoms with Crippen molar-refractivity contribution in [3.8, 4) is 0 Å². The van der Waals surface area contributed by atoms with Gasteiger partial charge in [-0.05, 0) is 36.3 Å². The van der Waals surface area contributed by atoms with E-state index in [1.54, 1.807) is 0 Å². The van der Waals surface area contributed by atoms with Crippen LogP contribution >= 0.6 is 0 Å². The van der Waals surface area contributed by atoms with Gasteiger partial charge in [0.05, 0.1) is 0 Å². The van der Waals surface area contributed by atoms with Gasteiger partial charge in [-0.2, -0.15) is 4.57 Å². The number of aromatic amines is 1. The van der Waals surface area contributed by atoms with Crippen LogP contribution in [0.3, 0.4) is 0 Å². The fourth-order valence-corrected chi connectivity index (χ4v) is 3.60. The topological polar surface area (TPSA) is 36.7 Å². The van der Waals surface area contributed by atoms with Crippen molar-refractivity contribution in [2.24, 2.45) is 0 Å². The van der Waals surface area contributed by atoms with E-state index in [0.717, 1.165) is 35.7 Å². The number of aromatic nitrogens is 2. The number of nitrogens with zero attached hydrogens (tertiary/aromatic N) is 1. The number of para-hydroxylation sites is 1. The van der Waals surface area contributed by atoms with E-state index in [1.165, 1.54) is 11.1 Å². The molecule has 0 fully saturated rings. The second kappa shape index (κ2) is 7.64. The van der Waals surface area contributed by atoms with Gasteiger partial charge in [0.2, 0.25) is 12.3 Å². The number of aryl methyl sites for hydroxylation is 1. The van der Waals surface area contributed by atoms with Gasteiger partial charge in [-0.15, -0.1) is 0 Å². The third-order valence-corrected chi connectivity index (χ3v) is 5.18. The van der Waals surface area contributed by atoms with E-state index < -0.39 is 0 Å². The summed E-state index contributed by atoms with van der Waals surface area (Å²) in [7, 11) is 0. The molecule has 0 saturated heterocycles. The van der Waals surface area contributed by atoms with E-state index in [2.05, 4.69) is 44.0 Å². The summed E-state index contributed by atoms with van der Waals surface area (Å²) in [5.74, 6) is 0.742. The standard InChI is InChI=1S/C22H26N2O/c1-4-16(5-2)18-10-12-24(13-11-18)15-21(25)20-14-23-22-17(6-3)8-7-9-19(20)22/h7-14,16H,4-6,15H2,1-3H3/p+1. The zero-order chi connectivity index (χ0) is 17.8. The third-order valence-electron chi connectivity index (χ3n) is 5.18. The molecule has 3 nitrogen and oxygen atoms in total. The van der Waals surface area contributed by atoms with Crippen LogP contribution in [0.25, 0.3) is 10.9 Å². The maximum Gasteiger partial charge on any atom is 0.229 e. The SMILES string of the molecule is CCc1cccc2c(C(=O)C[n+]3ccc(C(CC)CC)cc3)c[nH]c12. The van der Waals surface area contributed by atoms with E-state index in [0.29, 0.717) is 12.5 Å². The zero-order valence-electron chi connectivity index (χ0n) is 15.4. The van der Waals surface area contributed by atoms with Gasteiger partial charge in [-0.3, -0.25) is 4.79 Å². The lowest BCUT2D eigenvalue weighted by Gasteiger charge is -2.11. The number of H-pyrrole nitrogens is 1. The molecule has 0 aliphatic carbocycles. The van der Waals surface area contributed by atoms with Crippen molar-refractivity contribution >= 4 is 16.7 Å². The fourth-order valence-electron chi connectivity index (χ4n) is 3.60. The molecule has 0 radical (unpaired) electrons. The molecule has 0 aliphatic heterocycles. The quantitative estimate of drug-likeness (QED) is 0.488. The van der Waals surface area contributed by atoms with E-state index >= 15 is 0 Å². The molecule has 3 aromatic rings. The van der Waals surface area contributed by atoms with Crippen molar-refractivity contribution < 1.29 is 9.36 Å². The Bertz CT molecular complexity index is 857. The summed E-state index contributed by atoms with van der Waals surface area (Å²) >= 11 is 0. The van der Waals surface area contributed by atoms with Crippen LogP contribution in [-0.4, -0.2) is 10.8 Å². The Labute approximate surface area is 149 Å². The minimum absolute atomic E-state index is 0.139. The Balaban J connectivity index is 1.81. The number of hydrogen-bond acceptors (Lipinski definition) is 1. The maximum absolute atomic E-state index is 12.8. The summed E-state index contributed by atoms with van der Waals surface area (Å²) in [6.45, 7) is 6.95. The van der Waals surface area contributed by atoms with Crippen LogP contribution in [-0.2, 0) is 13.0 Å². The first-order chi connectivity index (χ1) is 12.2. The van der Waals surface area contributed by atoms with E-state index in [1.807, 2.05) is 35.3 Å². The maximum atomic E-state index is 12.8. The van der Waals surface area contributed by atoms with Crippen molar-refractivity contribution in [1.29, 1.82) is 0 Å². The molecule has 130 valence electrons. The molecule has 0 aliphatic rings. The van der Waals surface area contributed by atoms with Gasteiger partial charge in [0.1, 0.15) is 0 Å². The van der Waals surface area contributed by atoms with Crippen molar-refractivity contribution in [2.75, 3.05) is 0 Å². The first kappa shape index (κ1) is 17.4. The molecule has 0 saturated carbocycles. The summed E-state index contributed by atoms with van der Waals surface area (Å²) in [5.41, 5.74) is 4.47. The predicted octanol–water partition coefficient (Wildman–Crippen LogP) is 4.80. The van der Waals surface area contributed by atoms with Crippen LogP contribution in [0.1, 0.15) is 61.0 Å². The second-order valence-electron chi connectivity index (χ2n) is 6.64. The Hall–Kier alpha value is -2.42. The lowest BCUT2D eigenvalue weighted by Crippen LogP contribution is -2.37. The largest absolute Gasteiger partial charge is 0.360 e. The first-order valence-corrected chi connectivity index (χ1v) is 9.29. The van der Waals surface area contributed by atoms with Crippen molar-refractivity contribution in [3.63, 3.8) is 0 Å². The molecule has 0 atom stereocenters. The Morgan fingerprint density at radius 3 is 2.44 bits per heavy atom. The smallest absolute Gasteiger partial charge is 0.229 e. The average molecular weight is 335 g/mol. The van der Waals surface area contributed by atoms with Gasteiger partial charge in [-0.1, -0.05) is 39.0 Å². The Morgan fingerprint density at radius 2 is 1.80 bits per heavy atom. The number of nitrogens with one attached hydrogen (secondary N) is 1. The number of Topliss-reactive ketones (excluding diaryl/α,β-unsaturated/α-hetero) is 1. The molecule has 2 aromatic heterocycles. The lowest BCUT2D eigenvalue weighted by atomic mass is 9.95. The molecule has 25 heavy (non-hydrogen) atoms. The van der Waals surface area contributed by atoms with Gasteiger partial charge in [-0.25, -0.2) is 0 Å². The minimum Gasteiger partial charge on any atom is -0.360 e. The number of rotatable bonds is 7. The highest BCUT2D eigenvalue weighted by atomic mass is 16.1. The molecule has 0 unspecified atom stereocenters. The van der Waals surface area contributed by atoms with Crippen LogP contribution in [0.5, 0.6) is 0 Å². The molecular weight excluding hydrogens is 308 g/mol. The lowest BCUT2D eigenvalue weighted by molar-refractivity contribution is -0.683. The zero-order valence-corrected chi connectivity index (χ0v) is 15.4. The average Bonchev–Trinajstić information content (AvgIpc) is 3.08. The predicted molar refractivity (Wildman–Crippen MR) is 102 cm³/mol. The van der Waals surface area contributed by atoms with Gasteiger partial charge < -0.3 is 4.98 Å². The molecule has 0 bridgehead atoms. The molecular formula is C22H27N2O+. The molecule has 1 N–H and O–H groups in total. The highest BCUT2D eigenvalue weighted by Gasteiger charge is 2.18. The van der Waals surface area contributed by atoms with E-state index in [-0.39, 0.29) is 5.78 Å². The van der Waals surface area contributed by atoms with E-state index in [9.17, 15) is 4.79 Å². The summed E-state index contributed by atoms with van der Waals surface area (Å²) in [6.07, 6.45) is 9.15. The first-order valence-electron chi connectivity index (χ1n) is 9.29. The molecule has 1 aromatic carbocycles. The van der Waals surface area contributed by atoms with E-state index in [4.69, 9.17) is 0 Å². The minimum atomic E-state index is 0.139. The monoisotopic (exact) mass is 335 g/mol. The van der Waals surface area contributed by atoms with Crippen LogP contribution in [0.2, 0.25) is 0 Å². The number of hydrogen-bond donors (Lipinski definition) is 1. The van der Waals surface area contributed by atoms with Crippen LogP contribution in [0.4, 0.5) is 0 Å². The van der Waals surface area contributed by atoms with Crippen LogP contribution < -0.4 is 4.57 Å². The van der Waals surface area contributed by atoms with Crippen molar-refractivity contribution in [1.82, 2.24) is 4.98 Å². The van der Waals surface area contributed by atoms with Gasteiger partial charge >= 0.3 is 0 Å². The highest BCUT2D eigenvalue weighted by molar-refractivity contribution is 6.07. The molecule has 3 rings (SSSR count). The number of pyridine rings is 1. The fraction of sp³-hybridized carbons (Fsp3) is 0.364. The molecule has 0 amide bonds. The van der Waals surface area contributed by atoms with Crippen LogP contribution in [0.15, 0.2) is 48.9 Å². The van der Waals surface area contributed by atoms with Gasteiger partial charge in [0, 0.05) is 34.8 Å². The molecule has 3 heteroatoms.